The second-order valence-electron chi connectivity index (χ2n) is 8.49. The van der Waals surface area contributed by atoms with Crippen molar-refractivity contribution < 1.29 is 14.8 Å². The summed E-state index contributed by atoms with van der Waals surface area (Å²) in [5.41, 5.74) is 2.89. The number of carbonyl (C=O) groups is 1. The Hall–Kier alpha value is -1.68. The Labute approximate surface area is 150 Å². The highest BCUT2D eigenvalue weighted by molar-refractivity contribution is 5.75. The van der Waals surface area contributed by atoms with Crippen LogP contribution in [0, 0.1) is 23.2 Å². The van der Waals surface area contributed by atoms with Crippen LogP contribution in [0.15, 0.2) is 36.7 Å². The van der Waals surface area contributed by atoms with Gasteiger partial charge in [0.25, 0.3) is 0 Å². The molecule has 0 unspecified atom stereocenters. The average Bonchev–Trinajstić information content (AvgIpc) is 2.88. The van der Waals surface area contributed by atoms with Gasteiger partial charge in [0.1, 0.15) is 18.6 Å². The number of fused-ring (bicyclic) bond motifs is 2. The predicted molar refractivity (Wildman–Crippen MR) is 95.4 cm³/mol. The van der Waals surface area contributed by atoms with Crippen molar-refractivity contribution in [3.63, 3.8) is 0 Å². The van der Waals surface area contributed by atoms with E-state index < -0.39 is 0 Å². The molecule has 134 valence electrons. The number of hydrogen-bond donors (Lipinski definition) is 1. The van der Waals surface area contributed by atoms with Gasteiger partial charge >= 0.3 is 5.97 Å². The lowest BCUT2D eigenvalue weighted by molar-refractivity contribution is -0.675. The molecule has 2 saturated carbocycles. The topological polar surface area (TPSA) is 55.8 Å². The van der Waals surface area contributed by atoms with E-state index in [1.54, 1.807) is 6.20 Å². The molecule has 2 heterocycles. The van der Waals surface area contributed by atoms with Crippen LogP contribution in [0.4, 0.5) is 0 Å². The van der Waals surface area contributed by atoms with E-state index in [1.165, 1.54) is 24.0 Å². The van der Waals surface area contributed by atoms with Crippen molar-refractivity contribution in [1.82, 2.24) is 4.98 Å². The molecule has 5 atom stereocenters. The van der Waals surface area contributed by atoms with E-state index in [1.807, 2.05) is 12.3 Å². The smallest absolute Gasteiger partial charge is 0.315 e. The van der Waals surface area contributed by atoms with Gasteiger partial charge in [-0.25, -0.2) is 0 Å². The molecule has 3 fully saturated rings. The fourth-order valence-electron chi connectivity index (χ4n) is 5.47. The molecule has 0 aromatic carbocycles. The van der Waals surface area contributed by atoms with Crippen LogP contribution in [0.2, 0.25) is 0 Å². The number of esters is 1. The summed E-state index contributed by atoms with van der Waals surface area (Å²) in [6, 6.07) is 4.04. The van der Waals surface area contributed by atoms with Crippen molar-refractivity contribution in [1.29, 1.82) is 0 Å². The number of nitrogens with zero attached hydrogens (tertiary/aromatic N) is 1. The van der Waals surface area contributed by atoms with Crippen LogP contribution in [0.3, 0.4) is 0 Å². The number of nitrogens with two attached hydrogens (primary N) is 1. The Morgan fingerprint density at radius 3 is 3.16 bits per heavy atom. The van der Waals surface area contributed by atoms with Crippen LogP contribution >= 0.6 is 0 Å². The van der Waals surface area contributed by atoms with Crippen LogP contribution < -0.4 is 5.32 Å². The third kappa shape index (κ3) is 3.12. The molecular weight excluding hydrogens is 312 g/mol. The maximum atomic E-state index is 12.5. The molecule has 4 heteroatoms. The third-order valence-corrected chi connectivity index (χ3v) is 6.84. The van der Waals surface area contributed by atoms with Gasteiger partial charge < -0.3 is 10.1 Å². The van der Waals surface area contributed by atoms with Crippen LogP contribution in [0.1, 0.15) is 44.6 Å². The van der Waals surface area contributed by atoms with E-state index in [-0.39, 0.29) is 23.4 Å². The maximum Gasteiger partial charge on any atom is 0.315 e. The van der Waals surface area contributed by atoms with Crippen LogP contribution in [-0.2, 0) is 16.1 Å². The molecule has 1 aliphatic heterocycles. The highest BCUT2D eigenvalue weighted by Gasteiger charge is 2.55. The summed E-state index contributed by atoms with van der Waals surface area (Å²) < 4.78 is 5.83. The molecule has 1 aromatic heterocycles. The van der Waals surface area contributed by atoms with E-state index in [2.05, 4.69) is 29.9 Å². The maximum absolute atomic E-state index is 12.5. The largest absolute Gasteiger partial charge is 0.462 e. The van der Waals surface area contributed by atoms with Gasteiger partial charge in [0.2, 0.25) is 0 Å². The van der Waals surface area contributed by atoms with E-state index in [0.717, 1.165) is 32.4 Å². The molecule has 0 radical (unpaired) electrons. The van der Waals surface area contributed by atoms with Gasteiger partial charge in [-0.3, -0.25) is 9.78 Å². The van der Waals surface area contributed by atoms with Gasteiger partial charge in [0, 0.05) is 23.9 Å². The lowest BCUT2D eigenvalue weighted by Crippen LogP contribution is -2.84. The summed E-state index contributed by atoms with van der Waals surface area (Å²) in [6.07, 6.45) is 9.54. The zero-order valence-corrected chi connectivity index (χ0v) is 15.1. The number of carbonyl (C=O) groups excluding carboxylic acids is 1. The molecule has 2 aliphatic carbocycles. The second kappa shape index (κ2) is 6.56. The van der Waals surface area contributed by atoms with Crippen LogP contribution in [-0.4, -0.2) is 23.6 Å². The summed E-state index contributed by atoms with van der Waals surface area (Å²) in [5, 5.41) is 2.23. The minimum atomic E-state index is 0.0188. The first-order valence-corrected chi connectivity index (χ1v) is 9.65. The van der Waals surface area contributed by atoms with E-state index in [0.29, 0.717) is 11.8 Å². The number of hydrogen-bond acceptors (Lipinski definition) is 3. The Balaban J connectivity index is 1.42. The van der Waals surface area contributed by atoms with E-state index in [9.17, 15) is 4.79 Å². The molecule has 1 saturated heterocycles. The first kappa shape index (κ1) is 16.8. The predicted octanol–water partition coefficient (Wildman–Crippen LogP) is 2.46. The first-order valence-electron chi connectivity index (χ1n) is 9.65. The molecule has 2 N–H and O–H groups in total. The molecule has 4 nitrogen and oxygen atoms in total. The van der Waals surface area contributed by atoms with Crippen molar-refractivity contribution >= 4 is 5.97 Å². The molecule has 25 heavy (non-hydrogen) atoms. The summed E-state index contributed by atoms with van der Waals surface area (Å²) in [5.74, 6) is 0.981. The zero-order chi connectivity index (χ0) is 17.4. The SMILES string of the molecule is C=C1CCC[C@]2(C)C[C@H]3OC(=O)[C@@H](C[NH2+]Cc4cccnc4)[C@H]3C[C@H]12. The van der Waals surface area contributed by atoms with Gasteiger partial charge in [-0.15, -0.1) is 0 Å². The number of allylic oxidation sites excluding steroid dienone is 1. The Morgan fingerprint density at radius 2 is 2.36 bits per heavy atom. The lowest BCUT2D eigenvalue weighted by Gasteiger charge is -2.49. The zero-order valence-electron chi connectivity index (χ0n) is 15.1. The molecule has 3 aliphatic rings. The monoisotopic (exact) mass is 341 g/mol. The molecule has 0 spiro atoms. The standard InChI is InChI=1S/C21H28N2O2/c1-14-5-3-7-21(2)10-19-16(9-18(14)21)17(20(24)25-19)13-23-12-15-6-4-8-22-11-15/h4,6,8,11,16-19,23H,1,3,5,7,9-10,12-13H2,2H3/p+1/t16-,17+,18-,19-,21-/m1/s1. The van der Waals surface area contributed by atoms with Crippen molar-refractivity contribution in [3.05, 3.63) is 42.2 Å². The van der Waals surface area contributed by atoms with E-state index in [4.69, 9.17) is 4.74 Å². The Bertz CT molecular complexity index is 659. The van der Waals surface area contributed by atoms with E-state index >= 15 is 0 Å². The third-order valence-electron chi connectivity index (χ3n) is 6.84. The second-order valence-corrected chi connectivity index (χ2v) is 8.49. The molecule has 4 rings (SSSR count). The highest BCUT2D eigenvalue weighted by atomic mass is 16.6. The first-order chi connectivity index (χ1) is 12.1. The van der Waals surface area contributed by atoms with Gasteiger partial charge in [0.05, 0.1) is 6.54 Å². The van der Waals surface area contributed by atoms with Crippen LogP contribution in [0.25, 0.3) is 0 Å². The summed E-state index contributed by atoms with van der Waals surface area (Å²) in [7, 11) is 0. The normalized spacial score (nSPS) is 37.3. The quantitative estimate of drug-likeness (QED) is 0.676. The molecule has 1 aromatic rings. The number of rotatable bonds is 4. The average molecular weight is 341 g/mol. The fraction of sp³-hybridized carbons (Fsp3) is 0.619. The summed E-state index contributed by atoms with van der Waals surface area (Å²) in [4.78, 5) is 16.7. The Kier molecular flexibility index (Phi) is 4.40. The van der Waals surface area contributed by atoms with Crippen molar-refractivity contribution in [2.75, 3.05) is 6.54 Å². The number of pyridine rings is 1. The highest BCUT2D eigenvalue weighted by Crippen LogP contribution is 2.56. The lowest BCUT2D eigenvalue weighted by atomic mass is 9.55. The molecule has 0 bridgehead atoms. The number of quaternary nitrogens is 1. The fourth-order valence-corrected chi connectivity index (χ4v) is 5.47. The van der Waals surface area contributed by atoms with Gasteiger partial charge in [0.15, 0.2) is 0 Å². The van der Waals surface area contributed by atoms with Gasteiger partial charge in [-0.05, 0) is 49.5 Å². The van der Waals surface area contributed by atoms with Gasteiger partial charge in [-0.1, -0.05) is 25.1 Å². The van der Waals surface area contributed by atoms with Crippen LogP contribution in [0.5, 0.6) is 0 Å². The molecule has 0 amide bonds. The van der Waals surface area contributed by atoms with Crippen molar-refractivity contribution in [2.45, 2.75) is 51.7 Å². The van der Waals surface area contributed by atoms with Crippen molar-refractivity contribution in [2.24, 2.45) is 23.2 Å². The minimum Gasteiger partial charge on any atom is -0.462 e. The van der Waals surface area contributed by atoms with Crippen molar-refractivity contribution in [3.8, 4) is 0 Å². The number of aromatic nitrogens is 1. The molecular formula is C21H29N2O2+. The summed E-state index contributed by atoms with van der Waals surface area (Å²) in [6.45, 7) is 8.42. The Morgan fingerprint density at radius 1 is 1.48 bits per heavy atom. The number of ether oxygens (including phenoxy) is 1. The van der Waals surface area contributed by atoms with Gasteiger partial charge in [-0.2, -0.15) is 0 Å². The minimum absolute atomic E-state index is 0.0188. The summed E-state index contributed by atoms with van der Waals surface area (Å²) >= 11 is 0.